The smallest absolute Gasteiger partial charge is 0.345 e. The molecule has 178 valence electrons. The highest BCUT2D eigenvalue weighted by molar-refractivity contribution is 5.97. The van der Waals surface area contributed by atoms with Crippen LogP contribution in [0.15, 0.2) is 43.4 Å². The number of carbonyl (C=O) groups excluding carboxylic acids is 2. The fourth-order valence-electron chi connectivity index (χ4n) is 3.26. The number of aromatic amines is 2. The van der Waals surface area contributed by atoms with Gasteiger partial charge in [-0.05, 0) is 25.0 Å². The van der Waals surface area contributed by atoms with Crippen LogP contribution in [0.1, 0.15) is 34.6 Å². The minimum absolute atomic E-state index is 0.0203. The van der Waals surface area contributed by atoms with E-state index in [-0.39, 0.29) is 46.9 Å². The predicted octanol–water partition coefficient (Wildman–Crippen LogP) is 0.148. The number of nitrogens with zero attached hydrogens (tertiary/aromatic N) is 2. The van der Waals surface area contributed by atoms with Crippen molar-refractivity contribution in [3.63, 3.8) is 0 Å². The van der Waals surface area contributed by atoms with Gasteiger partial charge in [-0.2, -0.15) is 0 Å². The molecule has 3 aromatic rings. The van der Waals surface area contributed by atoms with Crippen molar-refractivity contribution >= 4 is 11.9 Å². The number of carbonyl (C=O) groups is 2. The summed E-state index contributed by atoms with van der Waals surface area (Å²) in [5, 5.41) is 0. The first-order chi connectivity index (χ1) is 16.1. The molecule has 0 aliphatic heterocycles. The molecule has 12 heteroatoms. The van der Waals surface area contributed by atoms with Gasteiger partial charge < -0.3 is 19.4 Å². The van der Waals surface area contributed by atoms with E-state index in [4.69, 9.17) is 9.47 Å². The maximum absolute atomic E-state index is 12.6. The van der Waals surface area contributed by atoms with Gasteiger partial charge in [0.05, 0.1) is 24.6 Å². The molecular formula is C22H22N4O8. The first-order valence-corrected chi connectivity index (χ1v) is 10.2. The molecule has 3 rings (SSSR count). The van der Waals surface area contributed by atoms with Crippen LogP contribution in [-0.4, -0.2) is 44.3 Å². The fourth-order valence-corrected chi connectivity index (χ4v) is 3.26. The standard InChI is InChI=1S/C22H22N4O8/c1-5-33-19(29)13-15(23-21(31)25(3)17(13)27)11-7-9-12(10-8-11)16-14(20(30)34-6-2)18(28)26(4)22(32)24-16/h7-10H,5-6H2,1-4H3,(H,23,31)(H,24,32). The summed E-state index contributed by atoms with van der Waals surface area (Å²) in [4.78, 5) is 79.3. The number of ether oxygens (including phenoxy) is 2. The van der Waals surface area contributed by atoms with Crippen LogP contribution in [0.4, 0.5) is 0 Å². The van der Waals surface area contributed by atoms with Gasteiger partial charge in [0.15, 0.2) is 0 Å². The normalized spacial score (nSPS) is 10.7. The van der Waals surface area contributed by atoms with Gasteiger partial charge in [-0.25, -0.2) is 19.2 Å². The summed E-state index contributed by atoms with van der Waals surface area (Å²) in [7, 11) is 2.44. The summed E-state index contributed by atoms with van der Waals surface area (Å²) in [6, 6.07) is 5.81. The molecule has 0 spiro atoms. The first kappa shape index (κ1) is 24.2. The molecule has 1 aromatic carbocycles. The number of aromatic nitrogens is 4. The maximum atomic E-state index is 12.6. The third-order valence-electron chi connectivity index (χ3n) is 5.03. The molecule has 0 bridgehead atoms. The van der Waals surface area contributed by atoms with E-state index in [0.29, 0.717) is 0 Å². The zero-order valence-corrected chi connectivity index (χ0v) is 18.9. The van der Waals surface area contributed by atoms with E-state index in [0.717, 1.165) is 9.13 Å². The van der Waals surface area contributed by atoms with E-state index in [1.54, 1.807) is 13.8 Å². The minimum Gasteiger partial charge on any atom is -0.462 e. The minimum atomic E-state index is -0.904. The van der Waals surface area contributed by atoms with Crippen molar-refractivity contribution in [3.05, 3.63) is 77.1 Å². The van der Waals surface area contributed by atoms with Crippen LogP contribution in [0, 0.1) is 0 Å². The van der Waals surface area contributed by atoms with Crippen molar-refractivity contribution in [2.45, 2.75) is 13.8 Å². The number of esters is 2. The molecule has 2 heterocycles. The van der Waals surface area contributed by atoms with E-state index >= 15 is 0 Å². The van der Waals surface area contributed by atoms with Gasteiger partial charge in [-0.15, -0.1) is 0 Å². The average molecular weight is 470 g/mol. The molecule has 0 unspecified atom stereocenters. The highest BCUT2D eigenvalue weighted by atomic mass is 16.5. The van der Waals surface area contributed by atoms with Gasteiger partial charge in [0.25, 0.3) is 11.1 Å². The predicted molar refractivity (Wildman–Crippen MR) is 121 cm³/mol. The third kappa shape index (κ3) is 4.25. The molecule has 2 aromatic heterocycles. The number of nitrogens with one attached hydrogen (secondary N) is 2. The lowest BCUT2D eigenvalue weighted by Gasteiger charge is -2.12. The first-order valence-electron chi connectivity index (χ1n) is 10.2. The second-order valence-corrected chi connectivity index (χ2v) is 7.11. The molecule has 0 fully saturated rings. The zero-order valence-electron chi connectivity index (χ0n) is 18.9. The molecule has 0 atom stereocenters. The van der Waals surface area contributed by atoms with Crippen LogP contribution in [0.5, 0.6) is 0 Å². The molecule has 2 N–H and O–H groups in total. The molecule has 34 heavy (non-hydrogen) atoms. The monoisotopic (exact) mass is 470 g/mol. The molecule has 0 amide bonds. The van der Waals surface area contributed by atoms with Gasteiger partial charge >= 0.3 is 23.3 Å². The van der Waals surface area contributed by atoms with Gasteiger partial charge in [0.2, 0.25) is 0 Å². The summed E-state index contributed by atoms with van der Waals surface area (Å²) in [5.74, 6) is -1.81. The van der Waals surface area contributed by atoms with Crippen molar-refractivity contribution in [3.8, 4) is 22.5 Å². The number of H-pyrrole nitrogens is 2. The Morgan fingerprint density at radius 1 is 0.706 bits per heavy atom. The van der Waals surface area contributed by atoms with Crippen molar-refractivity contribution < 1.29 is 19.1 Å². The van der Waals surface area contributed by atoms with Gasteiger partial charge in [0, 0.05) is 14.1 Å². The SMILES string of the molecule is CCOC(=O)c1c(-c2ccc(-c3[nH]c(=O)n(C)c(=O)c3C(=O)OCC)cc2)[nH]c(=O)n(C)c1=O. The number of rotatable bonds is 6. The van der Waals surface area contributed by atoms with Crippen LogP contribution in [-0.2, 0) is 23.6 Å². The third-order valence-corrected chi connectivity index (χ3v) is 5.03. The summed E-state index contributed by atoms with van der Waals surface area (Å²) >= 11 is 0. The van der Waals surface area contributed by atoms with Gasteiger partial charge in [-0.1, -0.05) is 24.3 Å². The summed E-state index contributed by atoms with van der Waals surface area (Å²) < 4.78 is 11.4. The Morgan fingerprint density at radius 3 is 1.32 bits per heavy atom. The second-order valence-electron chi connectivity index (χ2n) is 7.11. The molecule has 0 saturated heterocycles. The lowest BCUT2D eigenvalue weighted by Crippen LogP contribution is -2.37. The highest BCUT2D eigenvalue weighted by Gasteiger charge is 2.24. The maximum Gasteiger partial charge on any atom is 0.345 e. The van der Waals surface area contributed by atoms with E-state index in [9.17, 15) is 28.8 Å². The Hall–Kier alpha value is -4.48. The number of hydrogen-bond donors (Lipinski definition) is 2. The van der Waals surface area contributed by atoms with Crippen molar-refractivity contribution in [1.29, 1.82) is 0 Å². The second kappa shape index (κ2) is 9.57. The van der Waals surface area contributed by atoms with E-state index in [2.05, 4.69) is 9.97 Å². The lowest BCUT2D eigenvalue weighted by atomic mass is 10.0. The van der Waals surface area contributed by atoms with Gasteiger partial charge in [-0.3, -0.25) is 18.7 Å². The topological polar surface area (TPSA) is 162 Å². The summed E-state index contributed by atoms with van der Waals surface area (Å²) in [5.41, 5.74) is -3.39. The van der Waals surface area contributed by atoms with Crippen LogP contribution in [0.2, 0.25) is 0 Å². The Bertz CT molecular complexity index is 1390. The van der Waals surface area contributed by atoms with E-state index in [1.165, 1.54) is 38.4 Å². The van der Waals surface area contributed by atoms with Crippen LogP contribution < -0.4 is 22.5 Å². The van der Waals surface area contributed by atoms with Crippen molar-refractivity contribution in [2.75, 3.05) is 13.2 Å². The quantitative estimate of drug-likeness (QED) is 0.481. The molecule has 0 aliphatic carbocycles. The van der Waals surface area contributed by atoms with Crippen molar-refractivity contribution in [2.24, 2.45) is 14.1 Å². The molecule has 12 nitrogen and oxygen atoms in total. The molecule has 0 saturated carbocycles. The van der Waals surface area contributed by atoms with Gasteiger partial charge in [0.1, 0.15) is 11.1 Å². The Labute approximate surface area is 191 Å². The average Bonchev–Trinajstić information content (AvgIpc) is 2.80. The molecular weight excluding hydrogens is 448 g/mol. The lowest BCUT2D eigenvalue weighted by molar-refractivity contribution is 0.0514. The number of hydrogen-bond acceptors (Lipinski definition) is 8. The molecule has 0 radical (unpaired) electrons. The number of benzene rings is 1. The zero-order chi connectivity index (χ0) is 25.2. The Morgan fingerprint density at radius 2 is 1.03 bits per heavy atom. The largest absolute Gasteiger partial charge is 0.462 e. The van der Waals surface area contributed by atoms with E-state index < -0.39 is 34.4 Å². The van der Waals surface area contributed by atoms with E-state index in [1.807, 2.05) is 0 Å². The fraction of sp³-hybridized carbons (Fsp3) is 0.273. The van der Waals surface area contributed by atoms with Crippen LogP contribution in [0.25, 0.3) is 22.5 Å². The van der Waals surface area contributed by atoms with Crippen LogP contribution >= 0.6 is 0 Å². The highest BCUT2D eigenvalue weighted by Crippen LogP contribution is 2.25. The summed E-state index contributed by atoms with van der Waals surface area (Å²) in [6.45, 7) is 3.20. The Balaban J connectivity index is 2.21. The van der Waals surface area contributed by atoms with Crippen molar-refractivity contribution in [1.82, 2.24) is 19.1 Å². The van der Waals surface area contributed by atoms with Crippen LogP contribution in [0.3, 0.4) is 0 Å². The summed E-state index contributed by atoms with van der Waals surface area (Å²) in [6.07, 6.45) is 0. The molecule has 0 aliphatic rings. The Kier molecular flexibility index (Phi) is 6.80.